The summed E-state index contributed by atoms with van der Waals surface area (Å²) in [6.45, 7) is 9.62. The minimum atomic E-state index is 1.04. The van der Waals surface area contributed by atoms with Gasteiger partial charge in [-0.3, -0.25) is 4.99 Å². The second-order valence-electron chi connectivity index (χ2n) is 1.73. The second kappa shape index (κ2) is 4.62. The van der Waals surface area contributed by atoms with Gasteiger partial charge in [0.05, 0.1) is 0 Å². The Hall–Kier alpha value is -0.240. The third kappa shape index (κ3) is 3.36. The number of rotatable bonds is 3. The fourth-order valence-corrected chi connectivity index (χ4v) is 1.14. The highest BCUT2D eigenvalue weighted by Crippen LogP contribution is 2.18. The lowest BCUT2D eigenvalue weighted by molar-refractivity contribution is 1.29. The molecular formula is C7H13NS. The molecule has 2 heteroatoms. The zero-order chi connectivity index (χ0) is 7.28. The van der Waals surface area contributed by atoms with Crippen molar-refractivity contribution in [3.8, 4) is 0 Å². The first-order valence-electron chi connectivity index (χ1n) is 2.99. The third-order valence-corrected chi connectivity index (χ3v) is 2.12. The average molecular weight is 143 g/mol. The number of thioether (sulfide) groups is 1. The van der Waals surface area contributed by atoms with E-state index in [-0.39, 0.29) is 0 Å². The zero-order valence-corrected chi connectivity index (χ0v) is 7.09. The van der Waals surface area contributed by atoms with E-state index < -0.39 is 0 Å². The molecule has 0 aromatic rings. The molecule has 0 atom stereocenters. The molecule has 0 fully saturated rings. The van der Waals surface area contributed by atoms with Gasteiger partial charge in [0.1, 0.15) is 0 Å². The van der Waals surface area contributed by atoms with E-state index in [2.05, 4.69) is 25.6 Å². The van der Waals surface area contributed by atoms with Gasteiger partial charge >= 0.3 is 0 Å². The first-order valence-corrected chi connectivity index (χ1v) is 3.98. The van der Waals surface area contributed by atoms with Crippen LogP contribution in [0.15, 0.2) is 15.6 Å². The molecule has 0 unspecified atom stereocenters. The van der Waals surface area contributed by atoms with Crippen LogP contribution in [-0.2, 0) is 0 Å². The lowest BCUT2D eigenvalue weighted by Gasteiger charge is -1.98. The minimum absolute atomic E-state index is 1.04. The molecule has 0 spiro atoms. The predicted octanol–water partition coefficient (Wildman–Crippen LogP) is 2.69. The zero-order valence-electron chi connectivity index (χ0n) is 6.27. The average Bonchev–Trinajstić information content (AvgIpc) is 1.87. The molecule has 9 heavy (non-hydrogen) atoms. The molecule has 0 N–H and O–H groups in total. The molecule has 0 heterocycles. The number of hydrogen-bond acceptors (Lipinski definition) is 2. The van der Waals surface area contributed by atoms with Crippen molar-refractivity contribution in [2.45, 2.75) is 20.8 Å². The first kappa shape index (κ1) is 8.76. The van der Waals surface area contributed by atoms with Crippen molar-refractivity contribution < 1.29 is 0 Å². The number of aliphatic imine (C=N–C) groups is 1. The standard InChI is InChI=1S/C7H13NS/c1-5-9-7(3)6(2)8-4/h4-5H2,1-3H3/b7-6-. The molecule has 0 aliphatic heterocycles. The van der Waals surface area contributed by atoms with E-state index in [4.69, 9.17) is 0 Å². The summed E-state index contributed by atoms with van der Waals surface area (Å²) in [6.07, 6.45) is 0. The molecule has 0 aliphatic rings. The summed E-state index contributed by atoms with van der Waals surface area (Å²) in [6, 6.07) is 0. The summed E-state index contributed by atoms with van der Waals surface area (Å²) in [7, 11) is 0. The Labute approximate surface area is 61.3 Å². The lowest BCUT2D eigenvalue weighted by Crippen LogP contribution is -1.75. The van der Waals surface area contributed by atoms with E-state index in [0.29, 0.717) is 0 Å². The van der Waals surface area contributed by atoms with Crippen molar-refractivity contribution in [2.24, 2.45) is 4.99 Å². The molecule has 0 aromatic heterocycles. The molecule has 0 amide bonds. The van der Waals surface area contributed by atoms with Crippen molar-refractivity contribution in [1.82, 2.24) is 0 Å². The summed E-state index contributed by atoms with van der Waals surface area (Å²) in [5.74, 6) is 1.11. The maximum Gasteiger partial charge on any atom is 0.0457 e. The van der Waals surface area contributed by atoms with Gasteiger partial charge in [-0.25, -0.2) is 0 Å². The quantitative estimate of drug-likeness (QED) is 0.553. The van der Waals surface area contributed by atoms with Crippen LogP contribution in [0.25, 0.3) is 0 Å². The Balaban J connectivity index is 3.93. The van der Waals surface area contributed by atoms with Crippen molar-refractivity contribution in [1.29, 1.82) is 0 Å². The normalized spacial score (nSPS) is 12.8. The van der Waals surface area contributed by atoms with Crippen molar-refractivity contribution in [3.05, 3.63) is 10.6 Å². The van der Waals surface area contributed by atoms with Gasteiger partial charge in [0.15, 0.2) is 0 Å². The highest BCUT2D eigenvalue weighted by molar-refractivity contribution is 8.03. The Bertz CT molecular complexity index is 127. The Kier molecular flexibility index (Phi) is 4.50. The van der Waals surface area contributed by atoms with E-state index in [1.165, 1.54) is 4.91 Å². The van der Waals surface area contributed by atoms with E-state index in [0.717, 1.165) is 11.4 Å². The van der Waals surface area contributed by atoms with Crippen LogP contribution in [0.2, 0.25) is 0 Å². The van der Waals surface area contributed by atoms with Crippen LogP contribution in [0.1, 0.15) is 20.8 Å². The van der Waals surface area contributed by atoms with Gasteiger partial charge in [0.2, 0.25) is 0 Å². The second-order valence-corrected chi connectivity index (χ2v) is 3.21. The van der Waals surface area contributed by atoms with Crippen molar-refractivity contribution in [3.63, 3.8) is 0 Å². The van der Waals surface area contributed by atoms with Crippen LogP contribution in [0.5, 0.6) is 0 Å². The van der Waals surface area contributed by atoms with E-state index in [1.807, 2.05) is 18.7 Å². The largest absolute Gasteiger partial charge is 0.269 e. The monoisotopic (exact) mass is 143 g/mol. The van der Waals surface area contributed by atoms with Gasteiger partial charge in [-0.1, -0.05) is 6.92 Å². The topological polar surface area (TPSA) is 12.4 Å². The summed E-state index contributed by atoms with van der Waals surface area (Å²) in [4.78, 5) is 5.09. The number of nitrogens with zero attached hydrogens (tertiary/aromatic N) is 1. The summed E-state index contributed by atoms with van der Waals surface area (Å²) < 4.78 is 0. The van der Waals surface area contributed by atoms with E-state index in [9.17, 15) is 0 Å². The van der Waals surface area contributed by atoms with Gasteiger partial charge in [-0.2, -0.15) is 0 Å². The molecule has 1 nitrogen and oxygen atoms in total. The van der Waals surface area contributed by atoms with Crippen molar-refractivity contribution in [2.75, 3.05) is 5.75 Å². The van der Waals surface area contributed by atoms with Crippen LogP contribution < -0.4 is 0 Å². The number of hydrogen-bond donors (Lipinski definition) is 0. The van der Waals surface area contributed by atoms with E-state index >= 15 is 0 Å². The Morgan fingerprint density at radius 3 is 2.44 bits per heavy atom. The SMILES string of the molecule is C=N/C(C)=C(/C)SCC. The molecule has 52 valence electrons. The van der Waals surface area contributed by atoms with Gasteiger partial charge in [-0.05, 0) is 26.3 Å². The minimum Gasteiger partial charge on any atom is -0.269 e. The summed E-state index contributed by atoms with van der Waals surface area (Å²) in [5.41, 5.74) is 1.04. The molecule has 0 bridgehead atoms. The smallest absolute Gasteiger partial charge is 0.0457 e. The molecule has 0 aromatic carbocycles. The number of allylic oxidation sites excluding steroid dienone is 2. The van der Waals surface area contributed by atoms with Crippen LogP contribution >= 0.6 is 11.8 Å². The third-order valence-electron chi connectivity index (χ3n) is 1.11. The summed E-state index contributed by atoms with van der Waals surface area (Å²) >= 11 is 1.81. The van der Waals surface area contributed by atoms with Gasteiger partial charge in [-0.15, -0.1) is 11.8 Å². The highest BCUT2D eigenvalue weighted by atomic mass is 32.2. The Morgan fingerprint density at radius 1 is 1.56 bits per heavy atom. The Morgan fingerprint density at radius 2 is 2.11 bits per heavy atom. The molecular weight excluding hydrogens is 130 g/mol. The molecule has 0 radical (unpaired) electrons. The van der Waals surface area contributed by atoms with Gasteiger partial charge in [0, 0.05) is 10.6 Å². The summed E-state index contributed by atoms with van der Waals surface area (Å²) in [5, 5.41) is 0. The fourth-order valence-electron chi connectivity index (χ4n) is 0.432. The lowest BCUT2D eigenvalue weighted by atomic mass is 10.5. The van der Waals surface area contributed by atoms with Gasteiger partial charge in [0.25, 0.3) is 0 Å². The maximum atomic E-state index is 3.82. The molecule has 0 saturated carbocycles. The van der Waals surface area contributed by atoms with Crippen molar-refractivity contribution >= 4 is 18.5 Å². The van der Waals surface area contributed by atoms with Crippen LogP contribution in [0.3, 0.4) is 0 Å². The van der Waals surface area contributed by atoms with Gasteiger partial charge < -0.3 is 0 Å². The molecule has 0 aliphatic carbocycles. The van der Waals surface area contributed by atoms with Crippen LogP contribution in [-0.4, -0.2) is 12.5 Å². The maximum absolute atomic E-state index is 3.82. The molecule has 0 saturated heterocycles. The molecule has 0 rings (SSSR count). The predicted molar refractivity (Wildman–Crippen MR) is 46.1 cm³/mol. The fraction of sp³-hybridized carbons (Fsp3) is 0.571. The first-order chi connectivity index (χ1) is 4.22. The highest BCUT2D eigenvalue weighted by Gasteiger charge is 1.90. The van der Waals surface area contributed by atoms with Crippen LogP contribution in [0.4, 0.5) is 0 Å². The van der Waals surface area contributed by atoms with Crippen LogP contribution in [0, 0.1) is 0 Å². The van der Waals surface area contributed by atoms with E-state index in [1.54, 1.807) is 0 Å².